The van der Waals surface area contributed by atoms with Gasteiger partial charge in [0.25, 0.3) is 6.43 Å². The van der Waals surface area contributed by atoms with Crippen LogP contribution >= 0.6 is 0 Å². The van der Waals surface area contributed by atoms with E-state index in [2.05, 4.69) is 10.4 Å². The second-order valence-corrected chi connectivity index (χ2v) is 4.63. The van der Waals surface area contributed by atoms with Crippen molar-refractivity contribution in [3.05, 3.63) is 18.0 Å². The molecular formula is C12H18F2N4O2. The van der Waals surface area contributed by atoms with Crippen LogP contribution in [0.1, 0.15) is 5.69 Å². The average Bonchev–Trinajstić information content (AvgIpc) is 2.84. The van der Waals surface area contributed by atoms with Gasteiger partial charge in [0, 0.05) is 32.9 Å². The van der Waals surface area contributed by atoms with Crippen LogP contribution in [0.15, 0.2) is 12.3 Å². The van der Waals surface area contributed by atoms with Crippen molar-refractivity contribution < 1.29 is 18.3 Å². The first-order valence-corrected chi connectivity index (χ1v) is 6.42. The molecule has 0 aliphatic carbocycles. The number of ether oxygens (including phenoxy) is 1. The van der Waals surface area contributed by atoms with Gasteiger partial charge >= 0.3 is 0 Å². The molecule has 2 heterocycles. The first-order valence-electron chi connectivity index (χ1n) is 6.42. The van der Waals surface area contributed by atoms with Crippen molar-refractivity contribution in [2.75, 3.05) is 26.2 Å². The molecule has 1 fully saturated rings. The molecule has 0 radical (unpaired) electrons. The Hall–Kier alpha value is -1.54. The van der Waals surface area contributed by atoms with Crippen molar-refractivity contribution in [3.63, 3.8) is 0 Å². The first-order chi connectivity index (χ1) is 9.59. The van der Waals surface area contributed by atoms with Gasteiger partial charge in [-0.1, -0.05) is 0 Å². The number of hydrogen-bond acceptors (Lipinski definition) is 4. The van der Waals surface area contributed by atoms with Gasteiger partial charge in [-0.3, -0.25) is 9.48 Å². The van der Waals surface area contributed by atoms with Crippen LogP contribution in [-0.2, 0) is 23.2 Å². The largest absolute Gasteiger partial charge is 0.365 e. The fourth-order valence-electron chi connectivity index (χ4n) is 2.13. The van der Waals surface area contributed by atoms with E-state index in [9.17, 15) is 13.6 Å². The van der Waals surface area contributed by atoms with Crippen LogP contribution in [0.25, 0.3) is 0 Å². The minimum atomic E-state index is -2.55. The van der Waals surface area contributed by atoms with Gasteiger partial charge in [0.15, 0.2) is 0 Å². The SMILES string of the molecule is Cn1nccc1COCC(=O)N1CCNCC1C(F)F. The number of amides is 1. The van der Waals surface area contributed by atoms with Crippen LogP contribution in [-0.4, -0.2) is 59.3 Å². The molecule has 0 spiro atoms. The summed E-state index contributed by atoms with van der Waals surface area (Å²) in [6.07, 6.45) is -0.923. The number of piperazine rings is 1. The Morgan fingerprint density at radius 1 is 1.65 bits per heavy atom. The van der Waals surface area contributed by atoms with Crippen molar-refractivity contribution in [1.29, 1.82) is 0 Å². The molecule has 1 atom stereocenters. The predicted molar refractivity (Wildman–Crippen MR) is 67.2 cm³/mol. The number of aromatic nitrogens is 2. The number of alkyl halides is 2. The molecule has 8 heteroatoms. The molecule has 0 bridgehead atoms. The van der Waals surface area contributed by atoms with Crippen molar-refractivity contribution in [2.45, 2.75) is 19.1 Å². The third kappa shape index (κ3) is 3.51. The Kier molecular flexibility index (Phi) is 5.02. The summed E-state index contributed by atoms with van der Waals surface area (Å²) >= 11 is 0. The number of nitrogens with one attached hydrogen (secondary N) is 1. The van der Waals surface area contributed by atoms with Gasteiger partial charge in [-0.2, -0.15) is 5.10 Å². The Bertz CT molecular complexity index is 452. The fourth-order valence-corrected chi connectivity index (χ4v) is 2.13. The number of hydrogen-bond donors (Lipinski definition) is 1. The second-order valence-electron chi connectivity index (χ2n) is 4.63. The topological polar surface area (TPSA) is 59.4 Å². The third-order valence-electron chi connectivity index (χ3n) is 3.29. The van der Waals surface area contributed by atoms with E-state index in [1.165, 1.54) is 4.90 Å². The van der Waals surface area contributed by atoms with Crippen LogP contribution in [0.4, 0.5) is 8.78 Å². The lowest BCUT2D eigenvalue weighted by molar-refractivity contribution is -0.143. The number of rotatable bonds is 5. The number of carbonyl (C=O) groups excluding carboxylic acids is 1. The van der Waals surface area contributed by atoms with E-state index >= 15 is 0 Å². The van der Waals surface area contributed by atoms with Crippen molar-refractivity contribution >= 4 is 5.91 Å². The van der Waals surface area contributed by atoms with Crippen LogP contribution in [0, 0.1) is 0 Å². The van der Waals surface area contributed by atoms with Gasteiger partial charge in [-0.05, 0) is 6.07 Å². The summed E-state index contributed by atoms with van der Waals surface area (Å²) in [4.78, 5) is 13.1. The highest BCUT2D eigenvalue weighted by atomic mass is 19.3. The lowest BCUT2D eigenvalue weighted by Gasteiger charge is -2.35. The van der Waals surface area contributed by atoms with E-state index in [1.807, 2.05) is 0 Å². The minimum absolute atomic E-state index is 0.116. The third-order valence-corrected chi connectivity index (χ3v) is 3.29. The number of aryl methyl sites for hydroxylation is 1. The summed E-state index contributed by atoms with van der Waals surface area (Å²) in [5, 5.41) is 6.83. The van der Waals surface area contributed by atoms with Gasteiger partial charge in [-0.15, -0.1) is 0 Å². The van der Waals surface area contributed by atoms with E-state index in [0.717, 1.165) is 5.69 Å². The average molecular weight is 288 g/mol. The van der Waals surface area contributed by atoms with Gasteiger partial charge in [0.1, 0.15) is 12.6 Å². The zero-order valence-corrected chi connectivity index (χ0v) is 11.3. The molecule has 1 aliphatic rings. The second kappa shape index (κ2) is 6.76. The lowest BCUT2D eigenvalue weighted by atomic mass is 10.2. The molecule has 112 valence electrons. The molecule has 1 unspecified atom stereocenters. The zero-order valence-electron chi connectivity index (χ0n) is 11.3. The molecule has 20 heavy (non-hydrogen) atoms. The molecular weight excluding hydrogens is 270 g/mol. The Morgan fingerprint density at radius 2 is 2.45 bits per heavy atom. The minimum Gasteiger partial charge on any atom is -0.365 e. The Labute approximate surface area is 115 Å². The highest BCUT2D eigenvalue weighted by Crippen LogP contribution is 2.12. The molecule has 1 aromatic rings. The Morgan fingerprint density at radius 3 is 3.10 bits per heavy atom. The quantitative estimate of drug-likeness (QED) is 0.829. The van der Waals surface area contributed by atoms with Crippen molar-refractivity contribution in [2.24, 2.45) is 7.05 Å². The Balaban J connectivity index is 1.83. The summed E-state index contributed by atoms with van der Waals surface area (Å²) in [6.45, 7) is 0.951. The van der Waals surface area contributed by atoms with Crippen LogP contribution < -0.4 is 5.32 Å². The summed E-state index contributed by atoms with van der Waals surface area (Å²) in [5.74, 6) is -0.404. The highest BCUT2D eigenvalue weighted by Gasteiger charge is 2.32. The molecule has 1 aliphatic heterocycles. The van der Waals surface area contributed by atoms with Crippen molar-refractivity contribution in [3.8, 4) is 0 Å². The molecule has 1 aromatic heterocycles. The summed E-state index contributed by atoms with van der Waals surface area (Å²) < 4.78 is 32.6. The summed E-state index contributed by atoms with van der Waals surface area (Å²) in [6, 6.07) is 0.702. The molecule has 2 rings (SSSR count). The number of nitrogens with zero attached hydrogens (tertiary/aromatic N) is 3. The molecule has 0 aromatic carbocycles. The van der Waals surface area contributed by atoms with Gasteiger partial charge in [0.2, 0.25) is 5.91 Å². The first kappa shape index (κ1) is 14.9. The number of carbonyl (C=O) groups is 1. The van der Waals surface area contributed by atoms with Gasteiger partial charge in [0.05, 0.1) is 12.3 Å². The van der Waals surface area contributed by atoms with E-state index in [1.54, 1.807) is 24.0 Å². The van der Waals surface area contributed by atoms with E-state index < -0.39 is 18.4 Å². The molecule has 1 N–H and O–H groups in total. The zero-order chi connectivity index (χ0) is 14.5. The van der Waals surface area contributed by atoms with Gasteiger partial charge < -0.3 is 15.0 Å². The lowest BCUT2D eigenvalue weighted by Crippen LogP contribution is -2.57. The van der Waals surface area contributed by atoms with Crippen molar-refractivity contribution in [1.82, 2.24) is 20.0 Å². The maximum atomic E-state index is 12.8. The van der Waals surface area contributed by atoms with Crippen LogP contribution in [0.5, 0.6) is 0 Å². The van der Waals surface area contributed by atoms with E-state index in [4.69, 9.17) is 4.74 Å². The van der Waals surface area contributed by atoms with Crippen LogP contribution in [0.3, 0.4) is 0 Å². The van der Waals surface area contributed by atoms with Crippen LogP contribution in [0.2, 0.25) is 0 Å². The fraction of sp³-hybridized carbons (Fsp3) is 0.667. The molecule has 6 nitrogen and oxygen atoms in total. The van der Waals surface area contributed by atoms with E-state index in [-0.39, 0.29) is 26.3 Å². The number of halogens is 2. The summed E-state index contributed by atoms with van der Waals surface area (Å²) in [5.41, 5.74) is 0.823. The molecule has 1 saturated heterocycles. The maximum absolute atomic E-state index is 12.8. The summed E-state index contributed by atoms with van der Waals surface area (Å²) in [7, 11) is 1.77. The smallest absolute Gasteiger partial charge is 0.259 e. The van der Waals surface area contributed by atoms with Gasteiger partial charge in [-0.25, -0.2) is 8.78 Å². The standard InChI is InChI=1S/C12H18F2N4O2/c1-17-9(2-3-16-17)7-20-8-11(19)18-5-4-15-6-10(18)12(13)14/h2-3,10,12,15H,4-8H2,1H3. The molecule has 0 saturated carbocycles. The predicted octanol–water partition coefficient (Wildman–Crippen LogP) is 0.00220. The molecule has 1 amide bonds. The highest BCUT2D eigenvalue weighted by molar-refractivity contribution is 5.78. The maximum Gasteiger partial charge on any atom is 0.259 e. The monoisotopic (exact) mass is 288 g/mol. The van der Waals surface area contributed by atoms with E-state index in [0.29, 0.717) is 6.54 Å². The normalized spacial score (nSPS) is 19.6.